The number of hydrogen-bond acceptors (Lipinski definition) is 5. The molecule has 0 amide bonds. The molecule has 3 aromatic rings. The van der Waals surface area contributed by atoms with Crippen LogP contribution in [-0.2, 0) is 11.5 Å². The molecule has 4 heterocycles. The van der Waals surface area contributed by atoms with Crippen LogP contribution in [0.2, 0.25) is 25.7 Å². The van der Waals surface area contributed by atoms with Crippen molar-refractivity contribution in [2.75, 3.05) is 26.7 Å². The summed E-state index contributed by atoms with van der Waals surface area (Å²) in [7, 11) is 1.08. The molecule has 8 heteroatoms. The summed E-state index contributed by atoms with van der Waals surface area (Å²) in [4.78, 5) is 7.20. The van der Waals surface area contributed by atoms with Crippen molar-refractivity contribution in [3.8, 4) is 23.0 Å². The molecule has 0 aliphatic carbocycles. The highest BCUT2D eigenvalue weighted by Crippen LogP contribution is 2.36. The maximum atomic E-state index is 10.1. The van der Waals surface area contributed by atoms with E-state index in [1.165, 1.54) is 0 Å². The van der Waals surface area contributed by atoms with Crippen molar-refractivity contribution in [2.24, 2.45) is 0 Å². The Bertz CT molecular complexity index is 1260. The molecule has 1 aliphatic heterocycles. The Morgan fingerprint density at radius 1 is 1.19 bits per heavy atom. The van der Waals surface area contributed by atoms with Gasteiger partial charge in [-0.25, -0.2) is 9.67 Å². The topological polar surface area (TPSA) is 68.3 Å². The molecule has 1 saturated heterocycles. The van der Waals surface area contributed by atoms with E-state index in [-0.39, 0.29) is 0 Å². The Morgan fingerprint density at radius 2 is 1.92 bits per heavy atom. The molecule has 1 aliphatic rings. The first kappa shape index (κ1) is 26.6. The number of fused-ring (bicyclic) bond motifs is 1. The van der Waals surface area contributed by atoms with Gasteiger partial charge in [-0.15, -0.1) is 0 Å². The second kappa shape index (κ2) is 10.5. The molecule has 36 heavy (non-hydrogen) atoms. The molecule has 0 bridgehead atoms. The second-order valence-corrected chi connectivity index (χ2v) is 17.5. The van der Waals surface area contributed by atoms with Crippen LogP contribution in [0, 0.1) is 18.8 Å². The van der Waals surface area contributed by atoms with E-state index < -0.39 is 13.7 Å². The highest BCUT2D eigenvalue weighted by atomic mass is 28.3. The van der Waals surface area contributed by atoms with E-state index in [4.69, 9.17) is 9.72 Å². The Morgan fingerprint density at radius 3 is 2.58 bits per heavy atom. The van der Waals surface area contributed by atoms with Gasteiger partial charge >= 0.3 is 0 Å². The zero-order valence-corrected chi connectivity index (χ0v) is 23.9. The van der Waals surface area contributed by atoms with Crippen molar-refractivity contribution in [1.82, 2.24) is 24.2 Å². The Kier molecular flexibility index (Phi) is 7.77. The Balaban J connectivity index is 1.70. The molecular weight excluding hydrogens is 466 g/mol. The number of aliphatic hydroxyl groups is 1. The third-order valence-electron chi connectivity index (χ3n) is 6.73. The summed E-state index contributed by atoms with van der Waals surface area (Å²) in [5.41, 5.74) is 3.92. The smallest absolute Gasteiger partial charge is 0.139 e. The molecule has 0 aromatic carbocycles. The predicted octanol–water partition coefficient (Wildman–Crippen LogP) is 4.91. The summed E-state index contributed by atoms with van der Waals surface area (Å²) >= 11 is 0. The highest BCUT2D eigenvalue weighted by molar-refractivity contribution is 6.76. The summed E-state index contributed by atoms with van der Waals surface area (Å²) in [6.45, 7) is 15.9. The van der Waals surface area contributed by atoms with Crippen LogP contribution in [0.15, 0.2) is 24.7 Å². The Labute approximate surface area is 216 Å². The van der Waals surface area contributed by atoms with Crippen molar-refractivity contribution in [3.05, 3.63) is 36.0 Å². The molecule has 0 saturated carbocycles. The molecule has 0 atom stereocenters. The number of likely N-dealkylation sites (tertiary alicyclic amines) is 1. The average Bonchev–Trinajstić information content (AvgIpc) is 3.40. The number of ether oxygens (including phenoxy) is 1. The normalized spacial score (nSPS) is 15.9. The quantitative estimate of drug-likeness (QED) is 0.280. The van der Waals surface area contributed by atoms with Crippen LogP contribution >= 0.6 is 0 Å². The molecule has 194 valence electrons. The first-order valence-electron chi connectivity index (χ1n) is 13.0. The van der Waals surface area contributed by atoms with Gasteiger partial charge in [0.2, 0.25) is 0 Å². The molecule has 7 nitrogen and oxygen atoms in total. The summed E-state index contributed by atoms with van der Waals surface area (Å²) in [5, 5.41) is 15.8. The van der Waals surface area contributed by atoms with Crippen LogP contribution < -0.4 is 0 Å². The number of hydrogen-bond donors (Lipinski definition) is 1. The van der Waals surface area contributed by atoms with Crippen LogP contribution in [-0.4, -0.2) is 69.8 Å². The van der Waals surface area contributed by atoms with Crippen LogP contribution in [0.5, 0.6) is 0 Å². The number of rotatable bonds is 7. The number of piperidine rings is 1. The van der Waals surface area contributed by atoms with E-state index in [0.717, 1.165) is 66.3 Å². The van der Waals surface area contributed by atoms with E-state index >= 15 is 0 Å². The third-order valence-corrected chi connectivity index (χ3v) is 8.43. The maximum Gasteiger partial charge on any atom is 0.139 e. The minimum Gasteiger partial charge on any atom is -0.378 e. The van der Waals surface area contributed by atoms with E-state index in [1.54, 1.807) is 13.8 Å². The third kappa shape index (κ3) is 6.65. The van der Waals surface area contributed by atoms with Gasteiger partial charge in [-0.05, 0) is 71.8 Å². The summed E-state index contributed by atoms with van der Waals surface area (Å²) in [5.74, 6) is 5.99. The molecular formula is C28H41N5O2Si. The molecule has 4 rings (SSSR count). The number of pyridine rings is 1. The van der Waals surface area contributed by atoms with Gasteiger partial charge < -0.3 is 19.3 Å². The highest BCUT2D eigenvalue weighted by Gasteiger charge is 2.24. The standard InChI is InChI=1S/C28H41N5O2Si/c1-21-27-25(16-23(30-21)8-11-28(2,3)34)26(19-33(27)24-9-12-31(4)13-10-24)22-17-29-32(18-22)20-35-14-15-36(5,6)7/h16-19,24,34H,9-10,12-15,20H2,1-7H3. The lowest BCUT2D eigenvalue weighted by Gasteiger charge is -2.30. The zero-order chi connectivity index (χ0) is 26.1. The van der Waals surface area contributed by atoms with Crippen molar-refractivity contribution < 1.29 is 9.84 Å². The fourth-order valence-corrected chi connectivity index (χ4v) is 5.41. The van der Waals surface area contributed by atoms with Crippen LogP contribution in [0.3, 0.4) is 0 Å². The lowest BCUT2D eigenvalue weighted by atomic mass is 10.0. The largest absolute Gasteiger partial charge is 0.378 e. The molecule has 0 spiro atoms. The second-order valence-electron chi connectivity index (χ2n) is 11.9. The monoisotopic (exact) mass is 507 g/mol. The van der Waals surface area contributed by atoms with E-state index in [9.17, 15) is 5.11 Å². The zero-order valence-electron chi connectivity index (χ0n) is 22.9. The number of aromatic nitrogens is 4. The van der Waals surface area contributed by atoms with Crippen LogP contribution in [0.25, 0.3) is 22.0 Å². The van der Waals surface area contributed by atoms with Gasteiger partial charge in [0, 0.05) is 49.6 Å². The lowest BCUT2D eigenvalue weighted by Crippen LogP contribution is -2.31. The van der Waals surface area contributed by atoms with Crippen LogP contribution in [0.4, 0.5) is 0 Å². The van der Waals surface area contributed by atoms with Gasteiger partial charge in [-0.2, -0.15) is 5.10 Å². The number of nitrogens with zero attached hydrogens (tertiary/aromatic N) is 5. The minimum atomic E-state index is -1.11. The van der Waals surface area contributed by atoms with Gasteiger partial charge in [0.05, 0.1) is 17.4 Å². The van der Waals surface area contributed by atoms with E-state index in [2.05, 4.69) is 78.5 Å². The van der Waals surface area contributed by atoms with Crippen molar-refractivity contribution in [2.45, 2.75) is 77.7 Å². The van der Waals surface area contributed by atoms with E-state index in [0.29, 0.717) is 18.5 Å². The van der Waals surface area contributed by atoms with Crippen LogP contribution in [0.1, 0.15) is 44.1 Å². The lowest BCUT2D eigenvalue weighted by molar-refractivity contribution is 0.0786. The molecule has 0 unspecified atom stereocenters. The van der Waals surface area contributed by atoms with Gasteiger partial charge in [0.1, 0.15) is 18.0 Å². The summed E-state index contributed by atoms with van der Waals surface area (Å²) in [6, 6.07) is 3.64. The fourth-order valence-electron chi connectivity index (χ4n) is 4.65. The first-order chi connectivity index (χ1) is 16.9. The van der Waals surface area contributed by atoms with Crippen molar-refractivity contribution >= 4 is 19.0 Å². The fraction of sp³-hybridized carbons (Fsp3) is 0.571. The number of aryl methyl sites for hydroxylation is 1. The van der Waals surface area contributed by atoms with Gasteiger partial charge in [0.15, 0.2) is 0 Å². The molecule has 1 fully saturated rings. The predicted molar refractivity (Wildman–Crippen MR) is 149 cm³/mol. The SMILES string of the molecule is Cc1nc(C#CC(C)(C)O)cc2c(-c3cnn(COCC[Si](C)(C)C)c3)cn(C3CCN(C)CC3)c12. The average molecular weight is 508 g/mol. The molecule has 3 aromatic heterocycles. The van der Waals surface area contributed by atoms with E-state index in [1.807, 2.05) is 10.9 Å². The van der Waals surface area contributed by atoms with Gasteiger partial charge in [-0.3, -0.25) is 0 Å². The van der Waals surface area contributed by atoms with Gasteiger partial charge in [0.25, 0.3) is 0 Å². The van der Waals surface area contributed by atoms with Gasteiger partial charge in [-0.1, -0.05) is 25.6 Å². The van der Waals surface area contributed by atoms with Crippen molar-refractivity contribution in [3.63, 3.8) is 0 Å². The first-order valence-corrected chi connectivity index (χ1v) is 16.7. The summed E-state index contributed by atoms with van der Waals surface area (Å²) in [6.07, 6.45) is 8.50. The molecule has 1 N–H and O–H groups in total. The summed E-state index contributed by atoms with van der Waals surface area (Å²) < 4.78 is 10.2. The minimum absolute atomic E-state index is 0.436. The van der Waals surface area contributed by atoms with Crippen molar-refractivity contribution in [1.29, 1.82) is 0 Å². The Hall–Kier alpha value is -2.44. The molecule has 0 radical (unpaired) electrons. The maximum absolute atomic E-state index is 10.1.